The van der Waals surface area contributed by atoms with Gasteiger partial charge in [-0.15, -0.1) is 11.3 Å². The van der Waals surface area contributed by atoms with Crippen LogP contribution in [0.15, 0.2) is 29.1 Å². The monoisotopic (exact) mass is 344 g/mol. The van der Waals surface area contributed by atoms with Gasteiger partial charge in [-0.3, -0.25) is 0 Å². The van der Waals surface area contributed by atoms with E-state index in [-0.39, 0.29) is 12.1 Å². The molecule has 6 heteroatoms. The van der Waals surface area contributed by atoms with Crippen LogP contribution >= 0.6 is 11.3 Å². The number of rotatable bonds is 3. The predicted molar refractivity (Wildman–Crippen MR) is 98.8 cm³/mol. The Hall–Kier alpha value is -2.08. The topological polar surface area (TPSA) is 48.5 Å². The maximum atomic E-state index is 12.4. The Balaban J connectivity index is 1.56. The molecule has 2 amide bonds. The van der Waals surface area contributed by atoms with Crippen molar-refractivity contribution in [2.75, 3.05) is 31.1 Å². The van der Waals surface area contributed by atoms with Crippen LogP contribution in [-0.4, -0.2) is 42.1 Å². The van der Waals surface area contributed by atoms with Crippen molar-refractivity contribution in [3.8, 4) is 0 Å². The summed E-state index contributed by atoms with van der Waals surface area (Å²) in [4.78, 5) is 21.0. The largest absolute Gasteiger partial charge is 0.368 e. The van der Waals surface area contributed by atoms with Crippen molar-refractivity contribution < 1.29 is 4.79 Å². The molecule has 0 saturated carbocycles. The lowest BCUT2D eigenvalue weighted by atomic mass is 10.1. The standard InChI is InChI=1S/C18H24N4OS/c1-13-5-4-6-17(14(13)2)21-7-9-22(10-8-21)18(23)20-15(3)16-11-24-12-19-16/h4-6,11-12,15H,7-10H2,1-3H3,(H,20,23). The van der Waals surface area contributed by atoms with Gasteiger partial charge < -0.3 is 15.1 Å². The van der Waals surface area contributed by atoms with Crippen molar-refractivity contribution in [3.05, 3.63) is 45.9 Å². The third kappa shape index (κ3) is 3.53. The Kier molecular flexibility index (Phi) is 5.04. The number of aryl methyl sites for hydroxylation is 1. The Bertz CT molecular complexity index is 693. The number of benzene rings is 1. The van der Waals surface area contributed by atoms with Gasteiger partial charge in [0.25, 0.3) is 0 Å². The summed E-state index contributed by atoms with van der Waals surface area (Å²) < 4.78 is 0. The zero-order valence-electron chi connectivity index (χ0n) is 14.5. The van der Waals surface area contributed by atoms with E-state index in [4.69, 9.17) is 0 Å². The number of hydrogen-bond donors (Lipinski definition) is 1. The minimum atomic E-state index is -0.0548. The zero-order valence-corrected chi connectivity index (χ0v) is 15.3. The molecule has 1 fully saturated rings. The van der Waals surface area contributed by atoms with Gasteiger partial charge in [-0.05, 0) is 38.0 Å². The SMILES string of the molecule is Cc1cccc(N2CCN(C(=O)NC(C)c3cscn3)CC2)c1C. The molecule has 2 heterocycles. The number of nitrogens with one attached hydrogen (secondary N) is 1. The fourth-order valence-electron chi connectivity index (χ4n) is 3.01. The first-order chi connectivity index (χ1) is 11.6. The van der Waals surface area contributed by atoms with Crippen molar-refractivity contribution in [1.29, 1.82) is 0 Å². The van der Waals surface area contributed by atoms with Crippen LogP contribution in [0.4, 0.5) is 10.5 Å². The number of carbonyl (C=O) groups is 1. The molecule has 1 N–H and O–H groups in total. The smallest absolute Gasteiger partial charge is 0.318 e. The van der Waals surface area contributed by atoms with Crippen LogP contribution in [0, 0.1) is 13.8 Å². The van der Waals surface area contributed by atoms with Crippen LogP contribution in [0.25, 0.3) is 0 Å². The van der Waals surface area contributed by atoms with Gasteiger partial charge in [-0.25, -0.2) is 9.78 Å². The summed E-state index contributed by atoms with van der Waals surface area (Å²) in [5.74, 6) is 0. The van der Waals surface area contributed by atoms with E-state index in [1.165, 1.54) is 16.8 Å². The van der Waals surface area contributed by atoms with Crippen LogP contribution in [0.5, 0.6) is 0 Å². The van der Waals surface area contributed by atoms with Gasteiger partial charge >= 0.3 is 6.03 Å². The zero-order chi connectivity index (χ0) is 17.1. The Morgan fingerprint density at radius 1 is 1.25 bits per heavy atom. The molecule has 1 aliphatic heterocycles. The molecule has 1 aromatic heterocycles. The maximum absolute atomic E-state index is 12.4. The van der Waals surface area contributed by atoms with Crippen molar-refractivity contribution in [2.24, 2.45) is 0 Å². The molecule has 0 bridgehead atoms. The number of hydrogen-bond acceptors (Lipinski definition) is 4. The molecule has 24 heavy (non-hydrogen) atoms. The van der Waals surface area contributed by atoms with Crippen molar-refractivity contribution >= 4 is 23.1 Å². The second-order valence-electron chi connectivity index (χ2n) is 6.28. The first kappa shape index (κ1) is 16.8. The second kappa shape index (κ2) is 7.21. The van der Waals surface area contributed by atoms with E-state index in [9.17, 15) is 4.79 Å². The highest BCUT2D eigenvalue weighted by atomic mass is 32.1. The number of piperazine rings is 1. The van der Waals surface area contributed by atoms with Gasteiger partial charge in [0, 0.05) is 37.2 Å². The highest BCUT2D eigenvalue weighted by Gasteiger charge is 2.23. The molecule has 0 spiro atoms. The van der Waals surface area contributed by atoms with Crippen LogP contribution in [0.1, 0.15) is 29.8 Å². The van der Waals surface area contributed by atoms with Crippen LogP contribution < -0.4 is 10.2 Å². The molecule has 1 unspecified atom stereocenters. The van der Waals surface area contributed by atoms with Crippen molar-refractivity contribution in [2.45, 2.75) is 26.8 Å². The van der Waals surface area contributed by atoms with Gasteiger partial charge in [0.15, 0.2) is 0 Å². The minimum absolute atomic E-state index is 0.00360. The second-order valence-corrected chi connectivity index (χ2v) is 7.00. The van der Waals surface area contributed by atoms with Crippen LogP contribution in [-0.2, 0) is 0 Å². The normalized spacial score (nSPS) is 16.1. The van der Waals surface area contributed by atoms with Gasteiger partial charge in [-0.1, -0.05) is 12.1 Å². The molecule has 5 nitrogen and oxygen atoms in total. The molecule has 1 aliphatic rings. The number of nitrogens with zero attached hydrogens (tertiary/aromatic N) is 3. The number of thiazole rings is 1. The number of carbonyl (C=O) groups excluding carboxylic acids is 1. The van der Waals surface area contributed by atoms with Gasteiger partial charge in [0.1, 0.15) is 0 Å². The Labute approximate surface area is 147 Å². The van der Waals surface area contributed by atoms with Crippen LogP contribution in [0.2, 0.25) is 0 Å². The number of amides is 2. The van der Waals surface area contributed by atoms with Crippen molar-refractivity contribution in [3.63, 3.8) is 0 Å². The third-order valence-corrected chi connectivity index (χ3v) is 5.32. The highest BCUT2D eigenvalue weighted by molar-refractivity contribution is 7.07. The summed E-state index contributed by atoms with van der Waals surface area (Å²) in [5.41, 5.74) is 6.63. The van der Waals surface area contributed by atoms with E-state index in [0.29, 0.717) is 0 Å². The molecule has 0 radical (unpaired) electrons. The number of aromatic nitrogens is 1. The molecule has 2 aromatic rings. The summed E-state index contributed by atoms with van der Waals surface area (Å²) in [7, 11) is 0. The van der Waals surface area contributed by atoms with E-state index >= 15 is 0 Å². The molecule has 3 rings (SSSR count). The molecule has 1 atom stereocenters. The molecule has 1 aromatic carbocycles. The summed E-state index contributed by atoms with van der Waals surface area (Å²) in [6, 6.07) is 6.36. The number of urea groups is 1. The van der Waals surface area contributed by atoms with E-state index in [1.807, 2.05) is 17.2 Å². The summed E-state index contributed by atoms with van der Waals surface area (Å²) in [6.45, 7) is 9.48. The Morgan fingerprint density at radius 2 is 2.00 bits per heavy atom. The minimum Gasteiger partial charge on any atom is -0.368 e. The summed E-state index contributed by atoms with van der Waals surface area (Å²) in [5, 5.41) is 5.02. The summed E-state index contributed by atoms with van der Waals surface area (Å²) in [6.07, 6.45) is 0. The van der Waals surface area contributed by atoms with E-state index in [0.717, 1.165) is 31.9 Å². The number of anilines is 1. The van der Waals surface area contributed by atoms with Gasteiger partial charge in [0.05, 0.1) is 17.2 Å². The lowest BCUT2D eigenvalue weighted by molar-refractivity contribution is 0.191. The summed E-state index contributed by atoms with van der Waals surface area (Å²) >= 11 is 1.55. The fourth-order valence-corrected chi connectivity index (χ4v) is 3.66. The first-order valence-electron chi connectivity index (χ1n) is 8.31. The lowest BCUT2D eigenvalue weighted by Gasteiger charge is -2.37. The van der Waals surface area contributed by atoms with Gasteiger partial charge in [-0.2, -0.15) is 0 Å². The molecule has 128 valence electrons. The predicted octanol–water partition coefficient (Wildman–Crippen LogP) is 3.35. The molecule has 0 aliphatic carbocycles. The molecular weight excluding hydrogens is 320 g/mol. The van der Waals surface area contributed by atoms with E-state index < -0.39 is 0 Å². The lowest BCUT2D eigenvalue weighted by Crippen LogP contribution is -2.52. The maximum Gasteiger partial charge on any atom is 0.318 e. The van der Waals surface area contributed by atoms with E-state index in [2.05, 4.69) is 47.2 Å². The third-order valence-electron chi connectivity index (χ3n) is 4.72. The van der Waals surface area contributed by atoms with E-state index in [1.54, 1.807) is 16.8 Å². The Morgan fingerprint density at radius 3 is 2.67 bits per heavy atom. The average molecular weight is 344 g/mol. The molecular formula is C18H24N4OS. The first-order valence-corrected chi connectivity index (χ1v) is 9.25. The average Bonchev–Trinajstić information content (AvgIpc) is 3.12. The van der Waals surface area contributed by atoms with Crippen molar-refractivity contribution in [1.82, 2.24) is 15.2 Å². The molecule has 1 saturated heterocycles. The fraction of sp³-hybridized carbons (Fsp3) is 0.444. The van der Waals surface area contributed by atoms with Gasteiger partial charge in [0.2, 0.25) is 0 Å². The highest BCUT2D eigenvalue weighted by Crippen LogP contribution is 2.24. The quantitative estimate of drug-likeness (QED) is 0.929. The van der Waals surface area contributed by atoms with Crippen LogP contribution in [0.3, 0.4) is 0 Å².